The first kappa shape index (κ1) is 15.8. The molecule has 2 amide bonds. The van der Waals surface area contributed by atoms with Crippen molar-refractivity contribution in [1.29, 1.82) is 0 Å². The number of rotatable bonds is 7. The number of benzene rings is 1. The van der Waals surface area contributed by atoms with Crippen molar-refractivity contribution in [3.05, 3.63) is 48.0 Å². The fourth-order valence-corrected chi connectivity index (χ4v) is 1.72. The molecule has 5 nitrogen and oxygen atoms in total. The van der Waals surface area contributed by atoms with E-state index in [2.05, 4.69) is 17.2 Å². The van der Waals surface area contributed by atoms with Gasteiger partial charge in [0.25, 0.3) is 0 Å². The van der Waals surface area contributed by atoms with E-state index in [0.717, 1.165) is 11.1 Å². The maximum absolute atomic E-state index is 11.8. The van der Waals surface area contributed by atoms with Gasteiger partial charge in [-0.15, -0.1) is 0 Å². The lowest BCUT2D eigenvalue weighted by atomic mass is 10.0. The number of hydrogen-bond donors (Lipinski definition) is 3. The summed E-state index contributed by atoms with van der Waals surface area (Å²) in [4.78, 5) is 22.5. The molecule has 0 aliphatic heterocycles. The second kappa shape index (κ2) is 7.99. The number of carboxylic acids is 1. The van der Waals surface area contributed by atoms with Crippen LogP contribution < -0.4 is 10.6 Å². The third-order valence-corrected chi connectivity index (χ3v) is 2.70. The van der Waals surface area contributed by atoms with Crippen molar-refractivity contribution in [3.8, 4) is 0 Å². The van der Waals surface area contributed by atoms with Crippen molar-refractivity contribution in [1.82, 2.24) is 10.6 Å². The summed E-state index contributed by atoms with van der Waals surface area (Å²) in [6.07, 6.45) is 0.347. The van der Waals surface area contributed by atoms with Crippen LogP contribution in [0, 0.1) is 0 Å². The Morgan fingerprint density at radius 3 is 2.50 bits per heavy atom. The molecule has 1 atom stereocenters. The molecule has 3 N–H and O–H groups in total. The maximum Gasteiger partial charge on any atom is 0.315 e. The first-order valence-electron chi connectivity index (χ1n) is 6.44. The molecule has 0 saturated carbocycles. The smallest absolute Gasteiger partial charge is 0.315 e. The molecule has 1 aromatic carbocycles. The number of nitrogens with one attached hydrogen (secondary N) is 2. The van der Waals surface area contributed by atoms with Crippen LogP contribution >= 0.6 is 0 Å². The summed E-state index contributed by atoms with van der Waals surface area (Å²) in [7, 11) is 0. The Kier molecular flexibility index (Phi) is 6.29. The minimum atomic E-state index is -0.880. The molecule has 0 heterocycles. The molecule has 0 saturated heterocycles. The lowest BCUT2D eigenvalue weighted by molar-refractivity contribution is -0.137. The van der Waals surface area contributed by atoms with Gasteiger partial charge in [-0.25, -0.2) is 4.79 Å². The van der Waals surface area contributed by atoms with Gasteiger partial charge in [0.2, 0.25) is 0 Å². The molecular weight excluding hydrogens is 256 g/mol. The minimum absolute atomic E-state index is 0.000324. The summed E-state index contributed by atoms with van der Waals surface area (Å²) in [6.45, 7) is 5.92. The van der Waals surface area contributed by atoms with E-state index in [1.165, 1.54) is 0 Å². The molecule has 0 fully saturated rings. The maximum atomic E-state index is 11.8. The number of aliphatic carboxylic acids is 1. The average Bonchev–Trinajstić information content (AvgIpc) is 2.42. The van der Waals surface area contributed by atoms with Crippen LogP contribution in [0.1, 0.15) is 31.4 Å². The highest BCUT2D eigenvalue weighted by Crippen LogP contribution is 2.18. The summed E-state index contributed by atoms with van der Waals surface area (Å²) in [5.41, 5.74) is 1.74. The third-order valence-electron chi connectivity index (χ3n) is 2.70. The SMILES string of the molecule is C=C(C)CNC(=O)NC(CCC(=O)O)c1ccccc1. The van der Waals surface area contributed by atoms with Gasteiger partial charge in [0, 0.05) is 13.0 Å². The summed E-state index contributed by atoms with van der Waals surface area (Å²) >= 11 is 0. The van der Waals surface area contributed by atoms with Crippen molar-refractivity contribution in [2.75, 3.05) is 6.54 Å². The Labute approximate surface area is 118 Å². The van der Waals surface area contributed by atoms with Gasteiger partial charge in [-0.2, -0.15) is 0 Å². The van der Waals surface area contributed by atoms with Gasteiger partial charge < -0.3 is 15.7 Å². The highest BCUT2D eigenvalue weighted by Gasteiger charge is 2.15. The Morgan fingerprint density at radius 2 is 1.95 bits per heavy atom. The van der Waals surface area contributed by atoms with Crippen molar-refractivity contribution in [3.63, 3.8) is 0 Å². The zero-order valence-electron chi connectivity index (χ0n) is 11.6. The normalized spacial score (nSPS) is 11.4. The van der Waals surface area contributed by atoms with Gasteiger partial charge in [-0.05, 0) is 18.9 Å². The van der Waals surface area contributed by atoms with E-state index in [9.17, 15) is 9.59 Å². The molecule has 0 bridgehead atoms. The Balaban J connectivity index is 2.65. The van der Waals surface area contributed by atoms with Crippen LogP contribution in [0.5, 0.6) is 0 Å². The molecule has 0 spiro atoms. The van der Waals surface area contributed by atoms with Gasteiger partial charge in [0.1, 0.15) is 0 Å². The molecule has 1 unspecified atom stereocenters. The fourth-order valence-electron chi connectivity index (χ4n) is 1.72. The van der Waals surface area contributed by atoms with Gasteiger partial charge >= 0.3 is 12.0 Å². The molecule has 1 aromatic rings. The minimum Gasteiger partial charge on any atom is -0.481 e. The zero-order valence-corrected chi connectivity index (χ0v) is 11.6. The van der Waals surface area contributed by atoms with E-state index in [0.29, 0.717) is 13.0 Å². The van der Waals surface area contributed by atoms with Crippen molar-refractivity contribution >= 4 is 12.0 Å². The predicted octanol–water partition coefficient (Wildman–Crippen LogP) is 2.47. The summed E-state index contributed by atoms with van der Waals surface area (Å²) < 4.78 is 0. The number of carbonyl (C=O) groups excluding carboxylic acids is 1. The molecule has 0 radical (unpaired) electrons. The van der Waals surface area contributed by atoms with Gasteiger partial charge in [-0.3, -0.25) is 4.79 Å². The Bertz CT molecular complexity index is 471. The molecular formula is C15H20N2O3. The van der Waals surface area contributed by atoms with E-state index in [4.69, 9.17) is 5.11 Å². The molecule has 0 aliphatic rings. The first-order valence-corrected chi connectivity index (χ1v) is 6.44. The van der Waals surface area contributed by atoms with E-state index >= 15 is 0 Å². The average molecular weight is 276 g/mol. The van der Waals surface area contributed by atoms with E-state index < -0.39 is 5.97 Å². The van der Waals surface area contributed by atoms with E-state index in [1.54, 1.807) is 0 Å². The molecule has 0 aromatic heterocycles. The van der Waals surface area contributed by atoms with Crippen molar-refractivity contribution in [2.45, 2.75) is 25.8 Å². The second-order valence-corrected chi connectivity index (χ2v) is 4.68. The Morgan fingerprint density at radius 1 is 1.30 bits per heavy atom. The van der Waals surface area contributed by atoms with E-state index in [-0.39, 0.29) is 18.5 Å². The predicted molar refractivity (Wildman–Crippen MR) is 77.4 cm³/mol. The van der Waals surface area contributed by atoms with Crippen LogP contribution in [0.4, 0.5) is 4.79 Å². The topological polar surface area (TPSA) is 78.4 Å². The number of amides is 2. The number of carbonyl (C=O) groups is 2. The number of hydrogen-bond acceptors (Lipinski definition) is 2. The number of carboxylic acid groups (broad SMARTS) is 1. The van der Waals surface area contributed by atoms with Crippen LogP contribution in [0.15, 0.2) is 42.5 Å². The first-order chi connectivity index (χ1) is 9.49. The highest BCUT2D eigenvalue weighted by atomic mass is 16.4. The Hall–Kier alpha value is -2.30. The monoisotopic (exact) mass is 276 g/mol. The second-order valence-electron chi connectivity index (χ2n) is 4.68. The molecule has 5 heteroatoms. The zero-order chi connectivity index (χ0) is 15.0. The van der Waals surface area contributed by atoms with Gasteiger partial charge in [0.05, 0.1) is 6.04 Å². The molecule has 0 aliphatic carbocycles. The van der Waals surface area contributed by atoms with Crippen LogP contribution in [-0.2, 0) is 4.79 Å². The van der Waals surface area contributed by atoms with Crippen LogP contribution in [0.25, 0.3) is 0 Å². The van der Waals surface area contributed by atoms with Crippen LogP contribution in [-0.4, -0.2) is 23.7 Å². The largest absolute Gasteiger partial charge is 0.481 e. The number of urea groups is 1. The lowest BCUT2D eigenvalue weighted by Gasteiger charge is -2.19. The third kappa shape index (κ3) is 6.04. The fraction of sp³-hybridized carbons (Fsp3) is 0.333. The van der Waals surface area contributed by atoms with Gasteiger partial charge in [0.15, 0.2) is 0 Å². The summed E-state index contributed by atoms with van der Waals surface area (Å²) in [6, 6.07) is 8.67. The lowest BCUT2D eigenvalue weighted by Crippen LogP contribution is -2.38. The van der Waals surface area contributed by atoms with Crippen LogP contribution in [0.3, 0.4) is 0 Å². The standard InChI is InChI=1S/C15H20N2O3/c1-11(2)10-16-15(20)17-13(8-9-14(18)19)12-6-4-3-5-7-12/h3-7,13H,1,8-10H2,2H3,(H,18,19)(H2,16,17,20). The van der Waals surface area contributed by atoms with Crippen LogP contribution in [0.2, 0.25) is 0 Å². The molecule has 1 rings (SSSR count). The quantitative estimate of drug-likeness (QED) is 0.669. The molecule has 20 heavy (non-hydrogen) atoms. The highest BCUT2D eigenvalue weighted by molar-refractivity contribution is 5.75. The van der Waals surface area contributed by atoms with Crippen molar-refractivity contribution < 1.29 is 14.7 Å². The van der Waals surface area contributed by atoms with Crippen molar-refractivity contribution in [2.24, 2.45) is 0 Å². The van der Waals surface area contributed by atoms with E-state index in [1.807, 2.05) is 37.3 Å². The summed E-state index contributed by atoms with van der Waals surface area (Å²) in [5.74, 6) is -0.880. The molecule has 108 valence electrons. The van der Waals surface area contributed by atoms with Gasteiger partial charge in [-0.1, -0.05) is 42.5 Å². The summed E-state index contributed by atoms with van der Waals surface area (Å²) in [5, 5.41) is 14.2.